The standard InChI is InChI=1S/C25H21F3N6O3/c26-25(27,28)37-20-6-3-16(4-7-20)17-5-8-22(29)21(12-17)23(35)34(30)10-11-36-24-32-14-19(15-33-24)18-2-1-9-31-13-18/h1-9,12-15H,10-11,29-30H2. The minimum absolute atomic E-state index is 0.0136. The lowest BCUT2D eigenvalue weighted by molar-refractivity contribution is -0.274. The Labute approximate surface area is 209 Å². The third-order valence-electron chi connectivity index (χ3n) is 5.15. The van der Waals surface area contributed by atoms with Crippen molar-refractivity contribution in [3.8, 4) is 34.0 Å². The van der Waals surface area contributed by atoms with Crippen LogP contribution in [0.15, 0.2) is 79.4 Å². The zero-order valence-electron chi connectivity index (χ0n) is 19.2. The largest absolute Gasteiger partial charge is 0.573 e. The molecule has 0 spiro atoms. The Morgan fingerprint density at radius 2 is 1.62 bits per heavy atom. The van der Waals surface area contributed by atoms with Gasteiger partial charge in [-0.1, -0.05) is 24.3 Å². The van der Waals surface area contributed by atoms with Gasteiger partial charge in [-0.05, 0) is 41.5 Å². The van der Waals surface area contributed by atoms with Gasteiger partial charge in [-0.15, -0.1) is 13.2 Å². The molecule has 9 nitrogen and oxygen atoms in total. The molecule has 2 aromatic heterocycles. The van der Waals surface area contributed by atoms with Gasteiger partial charge in [0.05, 0.1) is 12.1 Å². The van der Waals surface area contributed by atoms with Gasteiger partial charge in [0, 0.05) is 41.6 Å². The molecule has 2 heterocycles. The zero-order chi connectivity index (χ0) is 26.4. The lowest BCUT2D eigenvalue weighted by Gasteiger charge is -2.18. The number of nitrogen functional groups attached to an aromatic ring is 1. The minimum atomic E-state index is -4.79. The molecule has 0 saturated carbocycles. The molecule has 4 rings (SSSR count). The third kappa shape index (κ3) is 6.70. The van der Waals surface area contributed by atoms with E-state index in [1.807, 2.05) is 6.07 Å². The summed E-state index contributed by atoms with van der Waals surface area (Å²) in [5, 5.41) is 0.944. The molecule has 4 aromatic rings. The van der Waals surface area contributed by atoms with E-state index in [1.165, 1.54) is 36.4 Å². The molecule has 0 unspecified atom stereocenters. The van der Waals surface area contributed by atoms with Crippen LogP contribution in [0.1, 0.15) is 10.4 Å². The quantitative estimate of drug-likeness (QED) is 0.157. The first kappa shape index (κ1) is 25.4. The predicted molar refractivity (Wildman–Crippen MR) is 129 cm³/mol. The number of alkyl halides is 3. The fourth-order valence-electron chi connectivity index (χ4n) is 3.33. The maximum Gasteiger partial charge on any atom is 0.573 e. The fraction of sp³-hybridized carbons (Fsp3) is 0.120. The van der Waals surface area contributed by atoms with E-state index in [0.29, 0.717) is 11.1 Å². The first-order chi connectivity index (χ1) is 17.7. The Balaban J connectivity index is 1.36. The maximum absolute atomic E-state index is 12.9. The van der Waals surface area contributed by atoms with Crippen LogP contribution in [0.5, 0.6) is 11.8 Å². The number of ether oxygens (including phenoxy) is 2. The van der Waals surface area contributed by atoms with Crippen molar-refractivity contribution in [2.45, 2.75) is 6.36 Å². The van der Waals surface area contributed by atoms with Gasteiger partial charge >= 0.3 is 12.4 Å². The average molecular weight is 510 g/mol. The Bertz CT molecular complexity index is 1350. The number of hydrogen-bond donors (Lipinski definition) is 2. The monoisotopic (exact) mass is 510 g/mol. The molecule has 2 aromatic carbocycles. The predicted octanol–water partition coefficient (Wildman–Crippen LogP) is 4.08. The van der Waals surface area contributed by atoms with Crippen molar-refractivity contribution in [3.63, 3.8) is 0 Å². The van der Waals surface area contributed by atoms with Crippen molar-refractivity contribution in [1.29, 1.82) is 0 Å². The highest BCUT2D eigenvalue weighted by atomic mass is 19.4. The second-order valence-corrected chi connectivity index (χ2v) is 7.72. The molecular formula is C25H21F3N6O3. The second-order valence-electron chi connectivity index (χ2n) is 7.72. The van der Waals surface area contributed by atoms with Crippen molar-refractivity contribution in [2.75, 3.05) is 18.9 Å². The van der Waals surface area contributed by atoms with Crippen LogP contribution in [-0.4, -0.2) is 45.4 Å². The number of nitrogens with two attached hydrogens (primary N) is 2. The number of aromatic nitrogens is 3. The number of rotatable bonds is 8. The van der Waals surface area contributed by atoms with Gasteiger partial charge in [0.25, 0.3) is 5.91 Å². The summed E-state index contributed by atoms with van der Waals surface area (Å²) >= 11 is 0. The van der Waals surface area contributed by atoms with Crippen LogP contribution < -0.4 is 21.1 Å². The second kappa shape index (κ2) is 10.9. The smallest absolute Gasteiger partial charge is 0.462 e. The van der Waals surface area contributed by atoms with Crippen molar-refractivity contribution in [3.05, 3.63) is 84.9 Å². The highest BCUT2D eigenvalue weighted by molar-refractivity contribution is 6.00. The summed E-state index contributed by atoms with van der Waals surface area (Å²) in [6.45, 7) is 0.0361. The molecule has 12 heteroatoms. The summed E-state index contributed by atoms with van der Waals surface area (Å²) in [5.74, 6) is 5.01. The van der Waals surface area contributed by atoms with E-state index in [4.69, 9.17) is 16.3 Å². The number of benzene rings is 2. The molecule has 1 amide bonds. The molecule has 37 heavy (non-hydrogen) atoms. The summed E-state index contributed by atoms with van der Waals surface area (Å²) in [5.41, 5.74) is 9.05. The zero-order valence-corrected chi connectivity index (χ0v) is 19.2. The lowest BCUT2D eigenvalue weighted by atomic mass is 10.0. The summed E-state index contributed by atoms with van der Waals surface area (Å²) in [4.78, 5) is 25.2. The van der Waals surface area contributed by atoms with E-state index in [0.717, 1.165) is 16.1 Å². The Morgan fingerprint density at radius 1 is 0.919 bits per heavy atom. The van der Waals surface area contributed by atoms with Crippen LogP contribution in [0.25, 0.3) is 22.3 Å². The van der Waals surface area contributed by atoms with Crippen LogP contribution in [0, 0.1) is 0 Å². The molecule has 0 aliphatic rings. The highest BCUT2D eigenvalue weighted by Crippen LogP contribution is 2.28. The van der Waals surface area contributed by atoms with Gasteiger partial charge in [0.1, 0.15) is 12.4 Å². The number of pyridine rings is 1. The van der Waals surface area contributed by atoms with Crippen LogP contribution >= 0.6 is 0 Å². The third-order valence-corrected chi connectivity index (χ3v) is 5.15. The molecule has 0 aliphatic carbocycles. The number of anilines is 1. The van der Waals surface area contributed by atoms with Crippen LogP contribution in [0.2, 0.25) is 0 Å². The maximum atomic E-state index is 12.9. The molecule has 0 bridgehead atoms. The van der Waals surface area contributed by atoms with Gasteiger partial charge in [-0.3, -0.25) is 14.8 Å². The number of amides is 1. The average Bonchev–Trinajstić information content (AvgIpc) is 2.89. The topological polar surface area (TPSA) is 129 Å². The fourth-order valence-corrected chi connectivity index (χ4v) is 3.33. The van der Waals surface area contributed by atoms with Gasteiger partial charge in [-0.2, -0.15) is 0 Å². The van der Waals surface area contributed by atoms with E-state index in [-0.39, 0.29) is 36.2 Å². The number of carbonyl (C=O) groups excluding carboxylic acids is 1. The minimum Gasteiger partial charge on any atom is -0.462 e. The van der Waals surface area contributed by atoms with Gasteiger partial charge in [-0.25, -0.2) is 15.8 Å². The first-order valence-corrected chi connectivity index (χ1v) is 10.9. The molecule has 0 aliphatic heterocycles. The van der Waals surface area contributed by atoms with Gasteiger partial charge < -0.3 is 15.2 Å². The van der Waals surface area contributed by atoms with Crippen molar-refractivity contribution in [1.82, 2.24) is 20.0 Å². The lowest BCUT2D eigenvalue weighted by Crippen LogP contribution is -2.40. The van der Waals surface area contributed by atoms with Crippen molar-refractivity contribution in [2.24, 2.45) is 5.84 Å². The molecule has 0 saturated heterocycles. The Kier molecular flexibility index (Phi) is 7.49. The highest BCUT2D eigenvalue weighted by Gasteiger charge is 2.31. The summed E-state index contributed by atoms with van der Waals surface area (Å²) in [6.07, 6.45) is 1.76. The summed E-state index contributed by atoms with van der Waals surface area (Å²) < 4.78 is 46.5. The van der Waals surface area contributed by atoms with Crippen LogP contribution in [0.3, 0.4) is 0 Å². The van der Waals surface area contributed by atoms with Crippen molar-refractivity contribution >= 4 is 11.6 Å². The van der Waals surface area contributed by atoms with E-state index >= 15 is 0 Å². The van der Waals surface area contributed by atoms with E-state index in [9.17, 15) is 18.0 Å². The summed E-state index contributed by atoms with van der Waals surface area (Å²) in [6, 6.07) is 13.7. The van der Waals surface area contributed by atoms with Crippen molar-refractivity contribution < 1.29 is 27.4 Å². The number of halogens is 3. The van der Waals surface area contributed by atoms with E-state index in [2.05, 4.69) is 19.7 Å². The SMILES string of the molecule is Nc1ccc(-c2ccc(OC(F)(F)F)cc2)cc1C(=O)N(N)CCOc1ncc(-c2cccnc2)cn1. The summed E-state index contributed by atoms with van der Waals surface area (Å²) in [7, 11) is 0. The molecular weight excluding hydrogens is 489 g/mol. The molecule has 0 radical (unpaired) electrons. The Morgan fingerprint density at radius 3 is 2.27 bits per heavy atom. The number of nitrogens with zero attached hydrogens (tertiary/aromatic N) is 4. The number of hydrazine groups is 1. The van der Waals surface area contributed by atoms with Crippen LogP contribution in [-0.2, 0) is 0 Å². The number of hydrogen-bond acceptors (Lipinski definition) is 8. The number of carbonyl (C=O) groups is 1. The molecule has 0 atom stereocenters. The van der Waals surface area contributed by atoms with E-state index in [1.54, 1.807) is 36.9 Å². The first-order valence-electron chi connectivity index (χ1n) is 10.9. The Hall–Kier alpha value is -4.71. The van der Waals surface area contributed by atoms with Gasteiger partial charge in [0.15, 0.2) is 0 Å². The van der Waals surface area contributed by atoms with E-state index < -0.39 is 12.3 Å². The molecule has 0 fully saturated rings. The van der Waals surface area contributed by atoms with Gasteiger partial charge in [0.2, 0.25) is 0 Å². The van der Waals surface area contributed by atoms with Crippen LogP contribution in [0.4, 0.5) is 18.9 Å². The normalized spacial score (nSPS) is 11.1. The molecule has 190 valence electrons. The molecule has 4 N–H and O–H groups in total.